The molecule has 278 valence electrons. The molecule has 12 heteroatoms. The Morgan fingerprint density at radius 3 is 2.18 bits per heavy atom. The third-order valence-corrected chi connectivity index (χ3v) is 10.7. The number of hydrogen-bond donors (Lipinski definition) is 2. The number of benzene rings is 1. The molecule has 2 N–H and O–H groups in total. The Kier molecular flexibility index (Phi) is 23.9. The van der Waals surface area contributed by atoms with Crippen molar-refractivity contribution in [3.63, 3.8) is 0 Å². The van der Waals surface area contributed by atoms with E-state index in [-0.39, 0.29) is 31.0 Å². The molecule has 2 unspecified atom stereocenters. The van der Waals surface area contributed by atoms with Gasteiger partial charge in [0.15, 0.2) is 0 Å². The lowest BCUT2D eigenvalue weighted by Gasteiger charge is -2.26. The molecule has 0 radical (unpaired) electrons. The maximum absolute atomic E-state index is 12.2. The second-order valence-corrected chi connectivity index (χ2v) is 16.0. The van der Waals surface area contributed by atoms with Crippen molar-refractivity contribution in [2.45, 2.75) is 147 Å². The molecule has 1 saturated heterocycles. The largest absolute Gasteiger partial charge is 0.508 e. The van der Waals surface area contributed by atoms with Gasteiger partial charge in [0.05, 0.1) is 0 Å². The van der Waals surface area contributed by atoms with Crippen molar-refractivity contribution in [2.75, 3.05) is 20.3 Å². The van der Waals surface area contributed by atoms with E-state index in [1.165, 1.54) is 77.7 Å². The van der Waals surface area contributed by atoms with E-state index < -0.39 is 25.1 Å². The Bertz CT molecular complexity index is 1100. The number of nitrogens with one attached hydrogen (secondary N) is 1. The molecule has 0 bridgehead atoms. The molecule has 0 spiro atoms. The number of hydrogen-bond acceptors (Lipinski definition) is 8. The van der Waals surface area contributed by atoms with Gasteiger partial charge in [-0.15, -0.1) is 0 Å². The monoisotopic (exact) mass is 723 g/mol. The third-order valence-electron chi connectivity index (χ3n) is 9.03. The van der Waals surface area contributed by atoms with Gasteiger partial charge in [-0.25, -0.2) is 4.79 Å². The molecule has 1 aromatic carbocycles. The normalized spacial score (nSPS) is 20.3. The molecular formula is C37H63BNO8PS. The van der Waals surface area contributed by atoms with Crippen molar-refractivity contribution in [3.05, 3.63) is 48.0 Å². The topological polar surface area (TPSA) is 113 Å². The van der Waals surface area contributed by atoms with Crippen molar-refractivity contribution in [2.24, 2.45) is 5.92 Å². The first kappa shape index (κ1) is 43.4. The van der Waals surface area contributed by atoms with Crippen molar-refractivity contribution in [1.82, 2.24) is 5.32 Å². The molecule has 1 fully saturated rings. The number of amides is 1. The Morgan fingerprint density at radius 1 is 0.918 bits per heavy atom. The van der Waals surface area contributed by atoms with Gasteiger partial charge in [0, 0.05) is 32.0 Å². The highest BCUT2D eigenvalue weighted by molar-refractivity contribution is 8.07. The SMILES string of the molecule is B[C@@H]1O[C@H](COC(=O)OCc2ccccc2)C(OP(O)(=S)OC)[C@@H]1C/C=C/CCCCNC(=O)CCCCCCCCCCCCCCC. The number of rotatable bonds is 28. The number of carbonyl (C=O) groups excluding carboxylic acids is 2. The highest BCUT2D eigenvalue weighted by atomic mass is 32.5. The van der Waals surface area contributed by atoms with Crippen molar-refractivity contribution < 1.29 is 37.7 Å². The molecule has 0 aliphatic carbocycles. The van der Waals surface area contributed by atoms with Gasteiger partial charge in [-0.3, -0.25) is 4.79 Å². The van der Waals surface area contributed by atoms with Crippen LogP contribution in [0.25, 0.3) is 0 Å². The lowest BCUT2D eigenvalue weighted by molar-refractivity contribution is -0.121. The minimum atomic E-state index is -3.49. The van der Waals surface area contributed by atoms with Crippen LogP contribution in [0.1, 0.15) is 128 Å². The first-order valence-corrected chi connectivity index (χ1v) is 21.3. The zero-order chi connectivity index (χ0) is 35.6. The van der Waals surface area contributed by atoms with Crippen molar-refractivity contribution in [1.29, 1.82) is 0 Å². The third kappa shape index (κ3) is 20.6. The van der Waals surface area contributed by atoms with Crippen LogP contribution in [0.15, 0.2) is 42.5 Å². The van der Waals surface area contributed by atoms with Gasteiger partial charge in [0.25, 0.3) is 0 Å². The van der Waals surface area contributed by atoms with Crippen LogP contribution in [0.5, 0.6) is 0 Å². The van der Waals surface area contributed by atoms with Crippen LogP contribution >= 0.6 is 6.72 Å². The Labute approximate surface area is 302 Å². The smallest absolute Gasteiger partial charge is 0.431 e. The zero-order valence-electron chi connectivity index (χ0n) is 30.4. The van der Waals surface area contributed by atoms with Gasteiger partial charge in [-0.1, -0.05) is 126 Å². The molecular weight excluding hydrogens is 660 g/mol. The average molecular weight is 724 g/mol. The zero-order valence-corrected chi connectivity index (χ0v) is 32.1. The van der Waals surface area contributed by atoms with Crippen LogP contribution in [-0.2, 0) is 46.5 Å². The summed E-state index contributed by atoms with van der Waals surface area (Å²) in [6, 6.07) is 9.11. The first-order chi connectivity index (χ1) is 23.8. The van der Waals surface area contributed by atoms with Crippen LogP contribution in [-0.4, -0.2) is 63.3 Å². The van der Waals surface area contributed by atoms with Gasteiger partial charge >= 0.3 is 12.9 Å². The average Bonchev–Trinajstić information content (AvgIpc) is 3.38. The summed E-state index contributed by atoms with van der Waals surface area (Å²) >= 11 is 5.12. The van der Waals surface area contributed by atoms with E-state index in [2.05, 4.69) is 24.4 Å². The Morgan fingerprint density at radius 2 is 1.55 bits per heavy atom. The van der Waals surface area contributed by atoms with Crippen LogP contribution < -0.4 is 5.32 Å². The lowest BCUT2D eigenvalue weighted by atomic mass is 9.82. The van der Waals surface area contributed by atoms with Crippen LogP contribution in [0.4, 0.5) is 4.79 Å². The predicted molar refractivity (Wildman–Crippen MR) is 203 cm³/mol. The maximum Gasteiger partial charge on any atom is 0.508 e. The van der Waals surface area contributed by atoms with E-state index in [9.17, 15) is 14.5 Å². The lowest BCUT2D eigenvalue weighted by Crippen LogP contribution is -2.33. The predicted octanol–water partition coefficient (Wildman–Crippen LogP) is 8.28. The summed E-state index contributed by atoms with van der Waals surface area (Å²) in [6.07, 6.45) is 23.1. The number of ether oxygens (including phenoxy) is 3. The molecule has 1 aromatic rings. The molecule has 9 nitrogen and oxygen atoms in total. The van der Waals surface area contributed by atoms with E-state index in [1.807, 2.05) is 38.2 Å². The van der Waals surface area contributed by atoms with Gasteiger partial charge in [0.2, 0.25) is 5.91 Å². The van der Waals surface area contributed by atoms with Gasteiger partial charge in [-0.05, 0) is 49.5 Å². The van der Waals surface area contributed by atoms with E-state index in [4.69, 9.17) is 35.1 Å². The van der Waals surface area contributed by atoms with Crippen LogP contribution in [0.3, 0.4) is 0 Å². The maximum atomic E-state index is 12.2. The summed E-state index contributed by atoms with van der Waals surface area (Å²) in [4.78, 5) is 34.8. The van der Waals surface area contributed by atoms with E-state index in [0.717, 1.165) is 37.7 Å². The fourth-order valence-corrected chi connectivity index (χ4v) is 7.07. The Balaban J connectivity index is 1.57. The number of carbonyl (C=O) groups is 2. The molecule has 1 heterocycles. The molecule has 0 aromatic heterocycles. The minimum absolute atomic E-state index is 0.0991. The standard InChI is InChI=1S/C37H63BNO8PS/c1-3-4-5-6-7-8-9-10-11-12-13-16-22-27-34(40)39-28-23-17-14-15-21-26-32-35(47-48(42,49)43-2)33(46-36(32)38)30-45-37(41)44-29-31-24-19-18-20-25-31/h15,18-21,24-25,32-33,35-36H,3-14,16-17,22-23,26-30,38H2,1-2H3,(H,39,40)(H,42,49)/b21-15+/t32-,33+,35?,36+,48?/m0/s1. The molecule has 1 aliphatic heterocycles. The van der Waals surface area contributed by atoms with Crippen LogP contribution in [0.2, 0.25) is 0 Å². The number of allylic oxidation sites excluding steroid dienone is 2. The molecule has 0 saturated carbocycles. The Hall–Kier alpha value is -1.75. The van der Waals surface area contributed by atoms with E-state index in [0.29, 0.717) is 19.4 Å². The molecule has 1 aliphatic rings. The summed E-state index contributed by atoms with van der Waals surface area (Å²) in [5.41, 5.74) is 0.851. The summed E-state index contributed by atoms with van der Waals surface area (Å²) in [5.74, 6) is 0.0303. The second kappa shape index (κ2) is 27.0. The van der Waals surface area contributed by atoms with Crippen LogP contribution in [0, 0.1) is 5.92 Å². The summed E-state index contributed by atoms with van der Waals surface area (Å²) in [6.45, 7) is -0.532. The van der Waals surface area contributed by atoms with E-state index in [1.54, 1.807) is 0 Å². The number of unbranched alkanes of at least 4 members (excludes halogenated alkanes) is 14. The first-order valence-electron chi connectivity index (χ1n) is 18.7. The highest BCUT2D eigenvalue weighted by Gasteiger charge is 2.45. The van der Waals surface area contributed by atoms with Crippen molar-refractivity contribution >= 4 is 38.4 Å². The quantitative estimate of drug-likeness (QED) is 0.0290. The summed E-state index contributed by atoms with van der Waals surface area (Å²) in [5, 5.41) is 3.06. The van der Waals surface area contributed by atoms with Gasteiger partial charge in [-0.2, -0.15) is 0 Å². The fraction of sp³-hybridized carbons (Fsp3) is 0.730. The van der Waals surface area contributed by atoms with Crippen molar-refractivity contribution in [3.8, 4) is 0 Å². The minimum Gasteiger partial charge on any atom is -0.431 e. The van der Waals surface area contributed by atoms with E-state index >= 15 is 0 Å². The highest BCUT2D eigenvalue weighted by Crippen LogP contribution is 2.48. The molecule has 5 atom stereocenters. The molecule has 1 amide bonds. The molecule has 49 heavy (non-hydrogen) atoms. The fourth-order valence-electron chi connectivity index (χ4n) is 6.09. The molecule has 2 rings (SSSR count). The second-order valence-electron chi connectivity index (χ2n) is 13.1. The van der Waals surface area contributed by atoms with Gasteiger partial charge < -0.3 is 33.5 Å². The summed E-state index contributed by atoms with van der Waals surface area (Å²) in [7, 11) is 3.24. The summed E-state index contributed by atoms with van der Waals surface area (Å²) < 4.78 is 27.5. The van der Waals surface area contributed by atoms with Gasteiger partial charge in [0.1, 0.15) is 33.3 Å².